The van der Waals surface area contributed by atoms with Gasteiger partial charge in [-0.15, -0.1) is 0 Å². The quantitative estimate of drug-likeness (QED) is 0.789. The minimum absolute atomic E-state index is 0.0171. The second-order valence-electron chi connectivity index (χ2n) is 8.71. The van der Waals surface area contributed by atoms with E-state index in [1.807, 2.05) is 17.0 Å². The Morgan fingerprint density at radius 2 is 1.66 bits per heavy atom. The number of piperidine rings is 1. The van der Waals surface area contributed by atoms with Crippen LogP contribution in [0.2, 0.25) is 0 Å². The molecule has 7 nitrogen and oxygen atoms in total. The number of nitrogens with one attached hydrogen (secondary N) is 1. The highest BCUT2D eigenvalue weighted by atomic mass is 16.2. The van der Waals surface area contributed by atoms with Crippen LogP contribution >= 0.6 is 0 Å². The number of aromatic nitrogens is 1. The molecule has 3 amide bonds. The van der Waals surface area contributed by atoms with Crippen molar-refractivity contribution in [2.24, 2.45) is 5.92 Å². The summed E-state index contributed by atoms with van der Waals surface area (Å²) in [6, 6.07) is 4.05. The molecule has 3 aliphatic rings. The first-order valence-electron chi connectivity index (χ1n) is 10.9. The van der Waals surface area contributed by atoms with Gasteiger partial charge in [-0.05, 0) is 56.6 Å². The van der Waals surface area contributed by atoms with Crippen molar-refractivity contribution in [2.45, 2.75) is 70.4 Å². The van der Waals surface area contributed by atoms with Crippen LogP contribution < -0.4 is 5.32 Å². The molecule has 0 bridgehead atoms. The van der Waals surface area contributed by atoms with Crippen LogP contribution in [0, 0.1) is 5.92 Å². The Labute approximate surface area is 171 Å². The molecule has 2 saturated heterocycles. The number of likely N-dealkylation sites (tertiary alicyclic amines) is 2. The van der Waals surface area contributed by atoms with E-state index in [0.717, 1.165) is 57.4 Å². The van der Waals surface area contributed by atoms with E-state index in [1.54, 1.807) is 6.20 Å². The fraction of sp³-hybridized carbons (Fsp3) is 0.636. The summed E-state index contributed by atoms with van der Waals surface area (Å²) in [5.41, 5.74) is 0.639. The first-order chi connectivity index (χ1) is 14.0. The number of imide groups is 1. The van der Waals surface area contributed by atoms with Crippen LogP contribution in [0.25, 0.3) is 0 Å². The summed E-state index contributed by atoms with van der Waals surface area (Å²) in [7, 11) is 0. The minimum Gasteiger partial charge on any atom is -0.367 e. The fourth-order valence-corrected chi connectivity index (χ4v) is 4.69. The molecule has 4 rings (SSSR count). The van der Waals surface area contributed by atoms with E-state index in [2.05, 4.69) is 17.2 Å². The van der Waals surface area contributed by atoms with Gasteiger partial charge in [-0.25, -0.2) is 4.98 Å². The highest BCUT2D eigenvalue weighted by Gasteiger charge is 2.36. The highest BCUT2D eigenvalue weighted by Crippen LogP contribution is 2.28. The minimum atomic E-state index is -0.0171. The molecule has 1 saturated carbocycles. The highest BCUT2D eigenvalue weighted by molar-refractivity contribution is 6.02. The van der Waals surface area contributed by atoms with Gasteiger partial charge >= 0.3 is 0 Å². The summed E-state index contributed by atoms with van der Waals surface area (Å²) in [6.07, 6.45) is 7.98. The first-order valence-corrected chi connectivity index (χ1v) is 10.9. The van der Waals surface area contributed by atoms with Gasteiger partial charge in [-0.2, -0.15) is 0 Å². The maximum absolute atomic E-state index is 12.6. The van der Waals surface area contributed by atoms with Crippen molar-refractivity contribution in [3.63, 3.8) is 0 Å². The van der Waals surface area contributed by atoms with Crippen LogP contribution in [0.1, 0.15) is 68.6 Å². The predicted octanol–water partition coefficient (Wildman–Crippen LogP) is 2.83. The molecule has 0 radical (unpaired) electrons. The summed E-state index contributed by atoms with van der Waals surface area (Å²) in [4.78, 5) is 44.3. The van der Waals surface area contributed by atoms with Crippen molar-refractivity contribution in [3.8, 4) is 0 Å². The molecule has 1 N–H and O–H groups in total. The van der Waals surface area contributed by atoms with E-state index < -0.39 is 0 Å². The lowest BCUT2D eigenvalue weighted by atomic mass is 9.90. The first kappa shape index (κ1) is 19.9. The zero-order valence-electron chi connectivity index (χ0n) is 17.1. The van der Waals surface area contributed by atoms with Crippen LogP contribution in [0.15, 0.2) is 18.3 Å². The molecule has 29 heavy (non-hydrogen) atoms. The Bertz CT molecular complexity index is 747. The molecule has 156 valence electrons. The Hall–Kier alpha value is -2.44. The number of amides is 3. The Morgan fingerprint density at radius 3 is 2.24 bits per heavy atom. The molecule has 0 atom stereocenters. The maximum Gasteiger partial charge on any atom is 0.255 e. The van der Waals surface area contributed by atoms with E-state index in [4.69, 9.17) is 0 Å². The van der Waals surface area contributed by atoms with E-state index >= 15 is 0 Å². The molecule has 0 spiro atoms. The second-order valence-corrected chi connectivity index (χ2v) is 8.71. The normalized spacial score (nSPS) is 26.1. The number of carbonyl (C=O) groups excluding carboxylic acids is 3. The van der Waals surface area contributed by atoms with Gasteiger partial charge in [-0.1, -0.05) is 6.92 Å². The summed E-state index contributed by atoms with van der Waals surface area (Å²) in [5, 5.41) is 3.44. The van der Waals surface area contributed by atoms with Crippen molar-refractivity contribution in [1.82, 2.24) is 14.8 Å². The van der Waals surface area contributed by atoms with Gasteiger partial charge in [0.15, 0.2) is 0 Å². The number of anilines is 1. The molecule has 1 aromatic rings. The zero-order valence-corrected chi connectivity index (χ0v) is 17.1. The van der Waals surface area contributed by atoms with Crippen LogP contribution in [0.5, 0.6) is 0 Å². The van der Waals surface area contributed by atoms with Crippen molar-refractivity contribution in [3.05, 3.63) is 23.9 Å². The maximum atomic E-state index is 12.6. The van der Waals surface area contributed by atoms with Crippen molar-refractivity contribution < 1.29 is 14.4 Å². The number of carbonyl (C=O) groups is 3. The standard InChI is InChI=1S/C22H30N4O3/c1-15-10-12-25(13-11-15)22(29)16-2-7-19(23-14-16)24-17-3-5-18(6-4-17)26-20(27)8-9-21(26)28/h2,7,14-15,17-18H,3-6,8-13H2,1H3,(H,23,24). The smallest absolute Gasteiger partial charge is 0.255 e. The van der Waals surface area contributed by atoms with Gasteiger partial charge < -0.3 is 10.2 Å². The van der Waals surface area contributed by atoms with Crippen molar-refractivity contribution in [1.29, 1.82) is 0 Å². The third kappa shape index (κ3) is 4.43. The van der Waals surface area contributed by atoms with Crippen LogP contribution in [0.3, 0.4) is 0 Å². The summed E-state index contributed by atoms with van der Waals surface area (Å²) in [6.45, 7) is 3.88. The van der Waals surface area contributed by atoms with Gasteiger partial charge in [0.05, 0.1) is 5.56 Å². The van der Waals surface area contributed by atoms with E-state index in [-0.39, 0.29) is 29.8 Å². The Balaban J connectivity index is 1.28. The lowest BCUT2D eigenvalue weighted by molar-refractivity contribution is -0.141. The molecule has 3 heterocycles. The molecule has 1 aromatic heterocycles. The molecule has 0 unspecified atom stereocenters. The summed E-state index contributed by atoms with van der Waals surface area (Å²) in [5.74, 6) is 1.50. The monoisotopic (exact) mass is 398 g/mol. The van der Waals surface area contributed by atoms with Gasteiger partial charge in [0.1, 0.15) is 5.82 Å². The Morgan fingerprint density at radius 1 is 1.00 bits per heavy atom. The van der Waals surface area contributed by atoms with E-state index in [9.17, 15) is 14.4 Å². The van der Waals surface area contributed by atoms with Gasteiger partial charge in [0.25, 0.3) is 5.91 Å². The molecular weight excluding hydrogens is 368 g/mol. The third-order valence-electron chi connectivity index (χ3n) is 6.59. The predicted molar refractivity (Wildman–Crippen MR) is 109 cm³/mol. The number of pyridine rings is 1. The average molecular weight is 399 g/mol. The van der Waals surface area contributed by atoms with Crippen LogP contribution in [0.4, 0.5) is 5.82 Å². The van der Waals surface area contributed by atoms with Crippen molar-refractivity contribution in [2.75, 3.05) is 18.4 Å². The van der Waals surface area contributed by atoms with Crippen LogP contribution in [-0.2, 0) is 9.59 Å². The van der Waals surface area contributed by atoms with Gasteiger partial charge in [0.2, 0.25) is 11.8 Å². The number of hydrogen-bond acceptors (Lipinski definition) is 5. The summed E-state index contributed by atoms with van der Waals surface area (Å²) < 4.78 is 0. The molecular formula is C22H30N4O3. The molecule has 3 fully saturated rings. The SMILES string of the molecule is CC1CCN(C(=O)c2ccc(NC3CCC(N4C(=O)CCC4=O)CC3)nc2)CC1. The van der Waals surface area contributed by atoms with Crippen LogP contribution in [-0.4, -0.2) is 57.7 Å². The largest absolute Gasteiger partial charge is 0.367 e. The average Bonchev–Trinajstić information content (AvgIpc) is 3.07. The lowest BCUT2D eigenvalue weighted by Gasteiger charge is -2.34. The van der Waals surface area contributed by atoms with Gasteiger partial charge in [-0.3, -0.25) is 19.3 Å². The molecule has 0 aromatic carbocycles. The topological polar surface area (TPSA) is 82.6 Å². The Kier molecular flexibility index (Phi) is 5.83. The molecule has 1 aliphatic carbocycles. The number of rotatable bonds is 4. The zero-order chi connectivity index (χ0) is 20.4. The van der Waals surface area contributed by atoms with Gasteiger partial charge in [0, 0.05) is 44.2 Å². The molecule has 7 heteroatoms. The fourth-order valence-electron chi connectivity index (χ4n) is 4.69. The molecule has 2 aliphatic heterocycles. The number of nitrogens with zero attached hydrogens (tertiary/aromatic N) is 3. The van der Waals surface area contributed by atoms with E-state index in [0.29, 0.717) is 24.3 Å². The van der Waals surface area contributed by atoms with E-state index in [1.165, 1.54) is 4.90 Å². The second kappa shape index (κ2) is 8.51. The lowest BCUT2D eigenvalue weighted by Crippen LogP contribution is -2.43. The number of hydrogen-bond donors (Lipinski definition) is 1. The summed E-state index contributed by atoms with van der Waals surface area (Å²) >= 11 is 0. The van der Waals surface area contributed by atoms with Crippen molar-refractivity contribution >= 4 is 23.5 Å². The third-order valence-corrected chi connectivity index (χ3v) is 6.59.